The summed E-state index contributed by atoms with van der Waals surface area (Å²) < 4.78 is 37.7. The Morgan fingerprint density at radius 1 is 1.05 bits per heavy atom. The molecule has 0 saturated carbocycles. The SMILES string of the molecule is FC(F)(F)c1cnc([C@H]2N=C2c2ccccc2Cl)c(Cl)c1. The molecule has 0 bridgehead atoms. The van der Waals surface area contributed by atoms with Crippen LogP contribution in [0.3, 0.4) is 0 Å². The van der Waals surface area contributed by atoms with Gasteiger partial charge in [0.05, 0.1) is 22.0 Å². The zero-order valence-corrected chi connectivity index (χ0v) is 11.8. The van der Waals surface area contributed by atoms with Crippen molar-refractivity contribution < 1.29 is 13.2 Å². The van der Waals surface area contributed by atoms with Crippen LogP contribution in [-0.4, -0.2) is 10.7 Å². The lowest BCUT2D eigenvalue weighted by Crippen LogP contribution is -2.07. The Labute approximate surface area is 128 Å². The summed E-state index contributed by atoms with van der Waals surface area (Å²) >= 11 is 11.9. The fourth-order valence-corrected chi connectivity index (χ4v) is 2.49. The van der Waals surface area contributed by atoms with Crippen molar-refractivity contribution >= 4 is 28.9 Å². The van der Waals surface area contributed by atoms with Crippen molar-refractivity contribution in [3.8, 4) is 0 Å². The fraction of sp³-hybridized carbons (Fsp3) is 0.143. The van der Waals surface area contributed by atoms with Gasteiger partial charge < -0.3 is 0 Å². The van der Waals surface area contributed by atoms with Gasteiger partial charge in [0.15, 0.2) is 0 Å². The first-order valence-corrected chi connectivity index (χ1v) is 6.69. The molecule has 2 heterocycles. The molecule has 1 aromatic heterocycles. The molecule has 0 aliphatic carbocycles. The van der Waals surface area contributed by atoms with Gasteiger partial charge in [0.25, 0.3) is 0 Å². The summed E-state index contributed by atoms with van der Waals surface area (Å²) in [6, 6.07) is 7.53. The first-order valence-electron chi connectivity index (χ1n) is 5.93. The maximum atomic E-state index is 12.6. The number of aliphatic imine (C=N–C) groups is 1. The molecule has 3 rings (SSSR count). The van der Waals surface area contributed by atoms with Gasteiger partial charge in [-0.1, -0.05) is 41.4 Å². The third-order valence-corrected chi connectivity index (χ3v) is 3.70. The molecule has 0 radical (unpaired) electrons. The number of halogens is 5. The summed E-state index contributed by atoms with van der Waals surface area (Å²) in [5.41, 5.74) is 0.840. The van der Waals surface area contributed by atoms with Crippen LogP contribution in [-0.2, 0) is 6.18 Å². The number of hydrogen-bond acceptors (Lipinski definition) is 2. The summed E-state index contributed by atoms with van der Waals surface area (Å²) in [4.78, 5) is 8.02. The van der Waals surface area contributed by atoms with Gasteiger partial charge >= 0.3 is 6.18 Å². The van der Waals surface area contributed by atoms with Gasteiger partial charge in [-0.3, -0.25) is 9.98 Å². The van der Waals surface area contributed by atoms with E-state index in [1.165, 1.54) is 0 Å². The predicted octanol–water partition coefficient (Wildman–Crippen LogP) is 4.95. The Kier molecular flexibility index (Phi) is 3.42. The highest BCUT2D eigenvalue weighted by Gasteiger charge is 2.37. The van der Waals surface area contributed by atoms with E-state index < -0.39 is 17.8 Å². The minimum Gasteiger partial charge on any atom is -0.270 e. The summed E-state index contributed by atoms with van der Waals surface area (Å²) in [7, 11) is 0. The van der Waals surface area contributed by atoms with Crippen molar-refractivity contribution in [2.75, 3.05) is 0 Å². The van der Waals surface area contributed by atoms with Gasteiger partial charge in [-0.25, -0.2) is 0 Å². The Balaban J connectivity index is 1.87. The molecule has 2 aromatic rings. The van der Waals surface area contributed by atoms with Crippen LogP contribution in [0.15, 0.2) is 41.5 Å². The Hall–Kier alpha value is -1.59. The summed E-state index contributed by atoms with van der Waals surface area (Å²) in [5, 5.41) is 0.474. The van der Waals surface area contributed by atoms with Gasteiger partial charge in [0.1, 0.15) is 6.04 Å². The monoisotopic (exact) mass is 330 g/mol. The normalized spacial score (nSPS) is 17.6. The van der Waals surface area contributed by atoms with E-state index in [0.717, 1.165) is 17.8 Å². The molecule has 1 aliphatic heterocycles. The molecule has 2 nitrogen and oxygen atoms in total. The number of aromatic nitrogens is 1. The smallest absolute Gasteiger partial charge is 0.270 e. The Bertz CT molecular complexity index is 741. The van der Waals surface area contributed by atoms with E-state index in [1.807, 2.05) is 0 Å². The molecule has 0 amide bonds. The van der Waals surface area contributed by atoms with E-state index in [-0.39, 0.29) is 5.02 Å². The van der Waals surface area contributed by atoms with Gasteiger partial charge in [0.2, 0.25) is 0 Å². The zero-order chi connectivity index (χ0) is 15.2. The number of alkyl halides is 3. The number of rotatable bonds is 2. The predicted molar refractivity (Wildman–Crippen MR) is 75.0 cm³/mol. The lowest BCUT2D eigenvalue weighted by Gasteiger charge is -2.08. The lowest BCUT2D eigenvalue weighted by molar-refractivity contribution is -0.137. The minimum absolute atomic E-state index is 0.0550. The third kappa shape index (κ3) is 2.76. The molecule has 1 aliphatic rings. The number of pyridine rings is 1. The molecule has 7 heteroatoms. The Morgan fingerprint density at radius 2 is 1.76 bits per heavy atom. The Morgan fingerprint density at radius 3 is 2.38 bits per heavy atom. The molecule has 0 spiro atoms. The molecule has 1 aromatic carbocycles. The van der Waals surface area contributed by atoms with E-state index in [4.69, 9.17) is 23.2 Å². The molecule has 0 fully saturated rings. The van der Waals surface area contributed by atoms with Gasteiger partial charge in [-0.05, 0) is 12.1 Å². The van der Waals surface area contributed by atoms with Crippen LogP contribution >= 0.6 is 23.2 Å². The number of benzene rings is 1. The maximum absolute atomic E-state index is 12.6. The van der Waals surface area contributed by atoms with Crippen LogP contribution < -0.4 is 0 Å². The zero-order valence-electron chi connectivity index (χ0n) is 10.3. The van der Waals surface area contributed by atoms with Crippen LogP contribution in [0.1, 0.15) is 22.9 Å². The maximum Gasteiger partial charge on any atom is 0.417 e. The van der Waals surface area contributed by atoms with E-state index in [0.29, 0.717) is 16.4 Å². The van der Waals surface area contributed by atoms with Gasteiger partial charge in [-0.2, -0.15) is 13.2 Å². The van der Waals surface area contributed by atoms with E-state index >= 15 is 0 Å². The number of nitrogens with zero attached hydrogens (tertiary/aromatic N) is 2. The first kappa shape index (κ1) is 14.4. The lowest BCUT2D eigenvalue weighted by atomic mass is 10.1. The third-order valence-electron chi connectivity index (χ3n) is 3.07. The van der Waals surface area contributed by atoms with Crippen LogP contribution in [0.2, 0.25) is 10.0 Å². The van der Waals surface area contributed by atoms with Crippen molar-refractivity contribution in [2.45, 2.75) is 12.2 Å². The average molecular weight is 331 g/mol. The summed E-state index contributed by atoms with van der Waals surface area (Å²) in [5.74, 6) is 0. The minimum atomic E-state index is -4.47. The number of hydrogen-bond donors (Lipinski definition) is 0. The summed E-state index contributed by atoms with van der Waals surface area (Å²) in [6.45, 7) is 0. The second-order valence-electron chi connectivity index (χ2n) is 4.49. The average Bonchev–Trinajstić information content (AvgIpc) is 3.18. The van der Waals surface area contributed by atoms with Crippen LogP contribution in [0.4, 0.5) is 13.2 Å². The largest absolute Gasteiger partial charge is 0.417 e. The molecule has 0 saturated heterocycles. The van der Waals surface area contributed by atoms with Crippen molar-refractivity contribution in [1.29, 1.82) is 0 Å². The summed E-state index contributed by atoms with van der Waals surface area (Å²) in [6.07, 6.45) is -3.70. The van der Waals surface area contributed by atoms with Crippen molar-refractivity contribution in [3.63, 3.8) is 0 Å². The van der Waals surface area contributed by atoms with Crippen LogP contribution in [0.5, 0.6) is 0 Å². The van der Waals surface area contributed by atoms with E-state index in [9.17, 15) is 13.2 Å². The standard InChI is InChI=1S/C14H7Cl2F3N2/c15-9-4-2-1-3-8(9)11-13(21-11)12-10(16)5-7(6-20-12)14(17,18)19/h1-6,13H/t13-/m0/s1. The fourth-order valence-electron chi connectivity index (χ4n) is 1.98. The topological polar surface area (TPSA) is 25.2 Å². The molecule has 1 atom stereocenters. The highest BCUT2D eigenvalue weighted by molar-refractivity contribution is 6.36. The molecule has 21 heavy (non-hydrogen) atoms. The van der Waals surface area contributed by atoms with Crippen molar-refractivity contribution in [1.82, 2.24) is 4.98 Å². The highest BCUT2D eigenvalue weighted by atomic mass is 35.5. The van der Waals surface area contributed by atoms with Gasteiger partial charge in [0, 0.05) is 16.8 Å². The second-order valence-corrected chi connectivity index (χ2v) is 5.30. The molecule has 0 unspecified atom stereocenters. The van der Waals surface area contributed by atoms with Gasteiger partial charge in [-0.15, -0.1) is 0 Å². The second kappa shape index (κ2) is 5.00. The van der Waals surface area contributed by atoms with Crippen molar-refractivity contribution in [3.05, 3.63) is 63.4 Å². The quantitative estimate of drug-likeness (QED) is 0.764. The molecule has 108 valence electrons. The first-order chi connectivity index (χ1) is 9.88. The van der Waals surface area contributed by atoms with E-state index in [2.05, 4.69) is 9.98 Å². The molecular formula is C14H7Cl2F3N2. The highest BCUT2D eigenvalue weighted by Crippen LogP contribution is 2.40. The van der Waals surface area contributed by atoms with Crippen molar-refractivity contribution in [2.24, 2.45) is 4.99 Å². The molecule has 0 N–H and O–H groups in total. The van der Waals surface area contributed by atoms with E-state index in [1.54, 1.807) is 24.3 Å². The van der Waals surface area contributed by atoms with Crippen LogP contribution in [0.25, 0.3) is 0 Å². The van der Waals surface area contributed by atoms with Crippen LogP contribution in [0, 0.1) is 0 Å². The molecular weight excluding hydrogens is 324 g/mol.